The van der Waals surface area contributed by atoms with Gasteiger partial charge in [-0.05, 0) is 44.6 Å². The fourth-order valence-corrected chi connectivity index (χ4v) is 1.67. The first-order valence-corrected chi connectivity index (χ1v) is 6.03. The molecule has 3 heteroatoms. The summed E-state index contributed by atoms with van der Waals surface area (Å²) in [5.41, 5.74) is 2.43. The van der Waals surface area contributed by atoms with Gasteiger partial charge >= 0.3 is 0 Å². The van der Waals surface area contributed by atoms with Gasteiger partial charge in [0.05, 0.1) is 0 Å². The molecule has 0 saturated carbocycles. The van der Waals surface area contributed by atoms with E-state index >= 15 is 0 Å². The predicted octanol–water partition coefficient (Wildman–Crippen LogP) is 1.82. The van der Waals surface area contributed by atoms with Crippen LogP contribution < -0.4 is 5.32 Å². The van der Waals surface area contributed by atoms with Crippen LogP contribution in [0.3, 0.4) is 0 Å². The van der Waals surface area contributed by atoms with Crippen LogP contribution in [-0.2, 0) is 6.54 Å². The Balaban J connectivity index is 2.25. The van der Waals surface area contributed by atoms with Gasteiger partial charge in [0.25, 0.3) is 0 Å². The average Bonchev–Trinajstić information content (AvgIpc) is 2.24. The summed E-state index contributed by atoms with van der Waals surface area (Å²) < 4.78 is 0. The van der Waals surface area contributed by atoms with Crippen molar-refractivity contribution in [1.29, 1.82) is 0 Å². The van der Waals surface area contributed by atoms with Gasteiger partial charge in [-0.3, -0.25) is 4.98 Å². The van der Waals surface area contributed by atoms with Crippen LogP contribution in [0.15, 0.2) is 18.3 Å². The molecule has 0 fully saturated rings. The Hall–Kier alpha value is -0.930. The number of aromatic nitrogens is 1. The molecule has 3 nitrogen and oxygen atoms in total. The normalized spacial score (nSPS) is 11.0. The molecule has 0 bridgehead atoms. The van der Waals surface area contributed by atoms with Gasteiger partial charge in [-0.25, -0.2) is 0 Å². The van der Waals surface area contributed by atoms with E-state index in [2.05, 4.69) is 41.3 Å². The molecule has 0 radical (unpaired) electrons. The van der Waals surface area contributed by atoms with Crippen molar-refractivity contribution in [2.75, 3.05) is 26.7 Å². The van der Waals surface area contributed by atoms with E-state index in [-0.39, 0.29) is 0 Å². The Morgan fingerprint density at radius 2 is 2.19 bits per heavy atom. The molecule has 0 atom stereocenters. The third-order valence-electron chi connectivity index (χ3n) is 2.51. The van der Waals surface area contributed by atoms with Gasteiger partial charge in [-0.1, -0.05) is 6.92 Å². The summed E-state index contributed by atoms with van der Waals surface area (Å²) in [6.45, 7) is 8.48. The highest BCUT2D eigenvalue weighted by Gasteiger charge is 2.00. The summed E-state index contributed by atoms with van der Waals surface area (Å²) in [6, 6.07) is 4.24. The number of likely N-dealkylation sites (N-methyl/N-ethyl adjacent to an activating group) is 1. The van der Waals surface area contributed by atoms with E-state index in [4.69, 9.17) is 0 Å². The van der Waals surface area contributed by atoms with Crippen molar-refractivity contribution < 1.29 is 0 Å². The number of aryl methyl sites for hydroxylation is 1. The molecular weight excluding hydrogens is 198 g/mol. The lowest BCUT2D eigenvalue weighted by Gasteiger charge is -2.17. The topological polar surface area (TPSA) is 28.2 Å². The molecule has 1 rings (SSSR count). The van der Waals surface area contributed by atoms with Gasteiger partial charge in [0.2, 0.25) is 0 Å². The Morgan fingerprint density at radius 1 is 1.38 bits per heavy atom. The van der Waals surface area contributed by atoms with Gasteiger partial charge in [-0.2, -0.15) is 0 Å². The van der Waals surface area contributed by atoms with Crippen LogP contribution in [0, 0.1) is 6.92 Å². The van der Waals surface area contributed by atoms with Crippen molar-refractivity contribution in [1.82, 2.24) is 15.2 Å². The highest BCUT2D eigenvalue weighted by molar-refractivity contribution is 5.14. The lowest BCUT2D eigenvalue weighted by molar-refractivity contribution is 0.324. The van der Waals surface area contributed by atoms with Crippen LogP contribution in [0.2, 0.25) is 0 Å². The van der Waals surface area contributed by atoms with Crippen molar-refractivity contribution in [2.24, 2.45) is 0 Å². The van der Waals surface area contributed by atoms with Crippen LogP contribution >= 0.6 is 0 Å². The highest BCUT2D eigenvalue weighted by Crippen LogP contribution is 2.03. The molecule has 1 aromatic rings. The van der Waals surface area contributed by atoms with Gasteiger partial charge in [0, 0.05) is 31.5 Å². The monoisotopic (exact) mass is 221 g/mol. The largest absolute Gasteiger partial charge is 0.315 e. The van der Waals surface area contributed by atoms with Crippen LogP contribution in [-0.4, -0.2) is 36.6 Å². The molecule has 0 aromatic carbocycles. The van der Waals surface area contributed by atoms with E-state index in [1.165, 1.54) is 12.0 Å². The minimum Gasteiger partial charge on any atom is -0.315 e. The van der Waals surface area contributed by atoms with Crippen LogP contribution in [0.5, 0.6) is 0 Å². The number of nitrogens with one attached hydrogen (secondary N) is 1. The third kappa shape index (κ3) is 5.24. The molecule has 1 heterocycles. The molecule has 1 N–H and O–H groups in total. The van der Waals surface area contributed by atoms with E-state index in [0.717, 1.165) is 31.9 Å². The number of hydrogen-bond donors (Lipinski definition) is 1. The summed E-state index contributed by atoms with van der Waals surface area (Å²) in [4.78, 5) is 6.53. The first-order valence-electron chi connectivity index (χ1n) is 6.03. The second-order valence-corrected chi connectivity index (χ2v) is 4.29. The first-order chi connectivity index (χ1) is 7.72. The molecule has 0 saturated heterocycles. The second kappa shape index (κ2) is 7.36. The Morgan fingerprint density at radius 3 is 2.88 bits per heavy atom. The van der Waals surface area contributed by atoms with E-state index < -0.39 is 0 Å². The molecule has 16 heavy (non-hydrogen) atoms. The average molecular weight is 221 g/mol. The molecule has 0 spiro atoms. The van der Waals surface area contributed by atoms with Crippen molar-refractivity contribution in [3.63, 3.8) is 0 Å². The SMILES string of the molecule is CCCNCCN(C)Cc1ccnc(C)c1. The minimum atomic E-state index is 0.997. The molecular formula is C13H23N3. The molecule has 0 aliphatic carbocycles. The van der Waals surface area contributed by atoms with E-state index in [9.17, 15) is 0 Å². The lowest BCUT2D eigenvalue weighted by atomic mass is 10.2. The molecule has 90 valence electrons. The third-order valence-corrected chi connectivity index (χ3v) is 2.51. The van der Waals surface area contributed by atoms with E-state index in [1.54, 1.807) is 0 Å². The lowest BCUT2D eigenvalue weighted by Crippen LogP contribution is -2.29. The number of hydrogen-bond acceptors (Lipinski definition) is 3. The molecule has 0 amide bonds. The van der Waals surface area contributed by atoms with Gasteiger partial charge < -0.3 is 10.2 Å². The summed E-state index contributed by atoms with van der Waals surface area (Å²) in [5.74, 6) is 0. The molecule has 1 aromatic heterocycles. The summed E-state index contributed by atoms with van der Waals surface area (Å²) in [7, 11) is 2.16. The Kier molecular flexibility index (Phi) is 6.04. The summed E-state index contributed by atoms with van der Waals surface area (Å²) in [5, 5.41) is 3.41. The Labute approximate surface area is 98.9 Å². The van der Waals surface area contributed by atoms with Crippen LogP contribution in [0.4, 0.5) is 0 Å². The molecule has 0 aliphatic heterocycles. The number of rotatable bonds is 7. The Bertz CT molecular complexity index is 299. The smallest absolute Gasteiger partial charge is 0.0375 e. The quantitative estimate of drug-likeness (QED) is 0.712. The minimum absolute atomic E-state index is 0.997. The standard InChI is InChI=1S/C13H23N3/c1-4-6-14-8-9-16(3)11-13-5-7-15-12(2)10-13/h5,7,10,14H,4,6,8-9,11H2,1-3H3. The fraction of sp³-hybridized carbons (Fsp3) is 0.615. The molecule has 0 unspecified atom stereocenters. The zero-order chi connectivity index (χ0) is 11.8. The van der Waals surface area contributed by atoms with E-state index in [1.807, 2.05) is 13.1 Å². The fourth-order valence-electron chi connectivity index (χ4n) is 1.67. The summed E-state index contributed by atoms with van der Waals surface area (Å²) in [6.07, 6.45) is 3.08. The number of pyridine rings is 1. The predicted molar refractivity (Wildman–Crippen MR) is 68.5 cm³/mol. The van der Waals surface area contributed by atoms with Crippen molar-refractivity contribution in [2.45, 2.75) is 26.8 Å². The maximum absolute atomic E-state index is 4.20. The van der Waals surface area contributed by atoms with Gasteiger partial charge in [-0.15, -0.1) is 0 Å². The maximum Gasteiger partial charge on any atom is 0.0375 e. The second-order valence-electron chi connectivity index (χ2n) is 4.29. The first kappa shape index (κ1) is 13.1. The van der Waals surface area contributed by atoms with Gasteiger partial charge in [0.1, 0.15) is 0 Å². The zero-order valence-electron chi connectivity index (χ0n) is 10.7. The van der Waals surface area contributed by atoms with Crippen LogP contribution in [0.1, 0.15) is 24.6 Å². The number of nitrogens with zero attached hydrogens (tertiary/aromatic N) is 2. The van der Waals surface area contributed by atoms with Crippen molar-refractivity contribution >= 4 is 0 Å². The van der Waals surface area contributed by atoms with Gasteiger partial charge in [0.15, 0.2) is 0 Å². The maximum atomic E-state index is 4.20. The summed E-state index contributed by atoms with van der Waals surface area (Å²) >= 11 is 0. The highest BCUT2D eigenvalue weighted by atomic mass is 15.1. The van der Waals surface area contributed by atoms with Crippen LogP contribution in [0.25, 0.3) is 0 Å². The zero-order valence-corrected chi connectivity index (χ0v) is 10.7. The van der Waals surface area contributed by atoms with Crippen molar-refractivity contribution in [3.8, 4) is 0 Å². The van der Waals surface area contributed by atoms with Crippen molar-refractivity contribution in [3.05, 3.63) is 29.6 Å². The van der Waals surface area contributed by atoms with E-state index in [0.29, 0.717) is 0 Å². The molecule has 0 aliphatic rings.